The predicted octanol–water partition coefficient (Wildman–Crippen LogP) is 2.28. The average Bonchev–Trinajstić information content (AvgIpc) is 2.92. The fraction of sp³-hybridized carbons (Fsp3) is 0.235. The van der Waals surface area contributed by atoms with Gasteiger partial charge in [-0.15, -0.1) is 11.3 Å². The summed E-state index contributed by atoms with van der Waals surface area (Å²) in [6, 6.07) is 6.38. The van der Waals surface area contributed by atoms with E-state index in [1.54, 1.807) is 18.2 Å². The molecule has 2 aromatic heterocycles. The summed E-state index contributed by atoms with van der Waals surface area (Å²) in [5.41, 5.74) is 2.91. The zero-order valence-corrected chi connectivity index (χ0v) is 18.2. The SMILES string of the molecule is Cc1sc2ncn(NC(=O)CCNS(=O)(=O)c3ccccc3Br)c(=O)c2c1C. The van der Waals surface area contributed by atoms with E-state index in [1.807, 2.05) is 13.8 Å². The van der Waals surface area contributed by atoms with E-state index in [1.165, 1.54) is 23.7 Å². The lowest BCUT2D eigenvalue weighted by Crippen LogP contribution is -2.35. The molecule has 0 aliphatic carbocycles. The second-order valence-corrected chi connectivity index (χ2v) is 9.79. The highest BCUT2D eigenvalue weighted by Crippen LogP contribution is 2.25. The van der Waals surface area contributed by atoms with Gasteiger partial charge in [-0.2, -0.15) is 0 Å². The van der Waals surface area contributed by atoms with E-state index in [0.717, 1.165) is 15.1 Å². The Hall–Kier alpha value is -2.08. The van der Waals surface area contributed by atoms with Crippen LogP contribution in [0.2, 0.25) is 0 Å². The largest absolute Gasteiger partial charge is 0.281 e. The third-order valence-electron chi connectivity index (χ3n) is 4.11. The molecule has 0 saturated heterocycles. The molecule has 28 heavy (non-hydrogen) atoms. The first-order chi connectivity index (χ1) is 13.2. The van der Waals surface area contributed by atoms with Crippen LogP contribution in [0, 0.1) is 13.8 Å². The van der Waals surface area contributed by atoms with Crippen LogP contribution in [-0.4, -0.2) is 30.5 Å². The summed E-state index contributed by atoms with van der Waals surface area (Å²) in [7, 11) is -3.76. The van der Waals surface area contributed by atoms with Crippen LogP contribution in [0.5, 0.6) is 0 Å². The van der Waals surface area contributed by atoms with Gasteiger partial charge in [0.2, 0.25) is 15.9 Å². The van der Waals surface area contributed by atoms with Gasteiger partial charge in [0.1, 0.15) is 11.2 Å². The Kier molecular flexibility index (Phi) is 5.98. The molecule has 11 heteroatoms. The summed E-state index contributed by atoms with van der Waals surface area (Å²) >= 11 is 4.61. The standard InChI is InChI=1S/C17H17BrN4O4S2/c1-10-11(2)27-16-15(10)17(24)22(9-19-16)21-14(23)7-8-20-28(25,26)13-6-4-3-5-12(13)18/h3-6,9,20H,7-8H2,1-2H3,(H,21,23). The number of aryl methyl sites for hydroxylation is 2. The van der Waals surface area contributed by atoms with Gasteiger partial charge in [-0.3, -0.25) is 15.0 Å². The molecule has 3 rings (SSSR count). The summed E-state index contributed by atoms with van der Waals surface area (Å²) in [5, 5.41) is 0.472. The van der Waals surface area contributed by atoms with Gasteiger partial charge in [-0.05, 0) is 47.5 Å². The van der Waals surface area contributed by atoms with Gasteiger partial charge >= 0.3 is 0 Å². The van der Waals surface area contributed by atoms with Crippen LogP contribution < -0.4 is 15.7 Å². The lowest BCUT2D eigenvalue weighted by molar-refractivity contribution is -0.117. The fourth-order valence-electron chi connectivity index (χ4n) is 2.54. The van der Waals surface area contributed by atoms with Crippen molar-refractivity contribution in [1.82, 2.24) is 14.4 Å². The quantitative estimate of drug-likeness (QED) is 0.557. The number of nitrogens with zero attached hydrogens (tertiary/aromatic N) is 2. The van der Waals surface area contributed by atoms with Crippen molar-refractivity contribution in [3.63, 3.8) is 0 Å². The predicted molar refractivity (Wildman–Crippen MR) is 112 cm³/mol. The summed E-state index contributed by atoms with van der Waals surface area (Å²) in [6.45, 7) is 3.62. The molecule has 2 N–H and O–H groups in total. The number of fused-ring (bicyclic) bond motifs is 1. The molecule has 148 valence electrons. The molecular formula is C17H17BrN4O4S2. The van der Waals surface area contributed by atoms with Gasteiger partial charge in [-0.25, -0.2) is 22.8 Å². The Morgan fingerprint density at radius 3 is 2.71 bits per heavy atom. The van der Waals surface area contributed by atoms with Crippen LogP contribution >= 0.6 is 27.3 Å². The summed E-state index contributed by atoms with van der Waals surface area (Å²) in [4.78, 5) is 30.6. The van der Waals surface area contributed by atoms with Gasteiger partial charge in [0.25, 0.3) is 5.56 Å². The molecule has 0 atom stereocenters. The van der Waals surface area contributed by atoms with Crippen molar-refractivity contribution in [2.75, 3.05) is 12.0 Å². The maximum atomic E-state index is 12.6. The van der Waals surface area contributed by atoms with Gasteiger partial charge in [0.15, 0.2) is 0 Å². The Balaban J connectivity index is 1.66. The van der Waals surface area contributed by atoms with Crippen LogP contribution in [0.25, 0.3) is 10.2 Å². The van der Waals surface area contributed by atoms with Crippen molar-refractivity contribution < 1.29 is 13.2 Å². The van der Waals surface area contributed by atoms with Crippen LogP contribution in [0.3, 0.4) is 0 Å². The van der Waals surface area contributed by atoms with Crippen molar-refractivity contribution in [3.8, 4) is 0 Å². The van der Waals surface area contributed by atoms with E-state index >= 15 is 0 Å². The number of hydrogen-bond acceptors (Lipinski definition) is 6. The normalized spacial score (nSPS) is 11.7. The highest BCUT2D eigenvalue weighted by molar-refractivity contribution is 9.10. The first kappa shape index (κ1) is 20.6. The number of sulfonamides is 1. The molecule has 8 nitrogen and oxygen atoms in total. The number of rotatable bonds is 6. The number of halogens is 1. The summed E-state index contributed by atoms with van der Waals surface area (Å²) in [5.74, 6) is -0.511. The Morgan fingerprint density at radius 2 is 2.00 bits per heavy atom. The van der Waals surface area contributed by atoms with Gasteiger partial charge in [0.05, 0.1) is 10.3 Å². The maximum absolute atomic E-state index is 12.6. The van der Waals surface area contributed by atoms with Crippen LogP contribution in [0.4, 0.5) is 0 Å². The molecule has 1 aromatic carbocycles. The highest BCUT2D eigenvalue weighted by Gasteiger charge is 2.17. The van der Waals surface area contributed by atoms with Crippen molar-refractivity contribution in [1.29, 1.82) is 0 Å². The lowest BCUT2D eigenvalue weighted by atomic mass is 10.2. The van der Waals surface area contributed by atoms with Crippen LogP contribution in [-0.2, 0) is 14.8 Å². The van der Waals surface area contributed by atoms with Gasteiger partial charge < -0.3 is 0 Å². The minimum atomic E-state index is -3.76. The Labute approximate surface area is 173 Å². The number of thiophene rings is 1. The molecule has 1 amide bonds. The van der Waals surface area contributed by atoms with E-state index in [2.05, 4.69) is 31.1 Å². The number of nitrogens with one attached hydrogen (secondary N) is 2. The minimum absolute atomic E-state index is 0.0876. The van der Waals surface area contributed by atoms with Crippen molar-refractivity contribution in [3.05, 3.63) is 55.9 Å². The number of hydrogen-bond donors (Lipinski definition) is 2. The number of carbonyl (C=O) groups excluding carboxylic acids is 1. The summed E-state index contributed by atoms with van der Waals surface area (Å²) < 4.78 is 28.4. The molecule has 0 aliphatic heterocycles. The second-order valence-electron chi connectivity index (χ2n) is 6.00. The Morgan fingerprint density at radius 1 is 1.29 bits per heavy atom. The van der Waals surface area contributed by atoms with E-state index in [9.17, 15) is 18.0 Å². The summed E-state index contributed by atoms with van der Waals surface area (Å²) in [6.07, 6.45) is 1.11. The van der Waals surface area contributed by atoms with Crippen molar-refractivity contribution >= 4 is 53.4 Å². The third kappa shape index (κ3) is 4.17. The van der Waals surface area contributed by atoms with E-state index in [-0.39, 0.29) is 23.4 Å². The van der Waals surface area contributed by atoms with Gasteiger partial charge in [-0.1, -0.05) is 12.1 Å². The average molecular weight is 485 g/mol. The number of aromatic nitrogens is 2. The maximum Gasteiger partial charge on any atom is 0.281 e. The second kappa shape index (κ2) is 8.11. The van der Waals surface area contributed by atoms with E-state index < -0.39 is 15.9 Å². The zero-order valence-electron chi connectivity index (χ0n) is 15.0. The smallest absolute Gasteiger partial charge is 0.273 e. The first-order valence-corrected chi connectivity index (χ1v) is 11.3. The molecule has 0 unspecified atom stereocenters. The first-order valence-electron chi connectivity index (χ1n) is 8.22. The zero-order chi connectivity index (χ0) is 20.5. The van der Waals surface area contributed by atoms with Crippen LogP contribution in [0.15, 0.2) is 44.8 Å². The van der Waals surface area contributed by atoms with E-state index in [0.29, 0.717) is 14.7 Å². The molecule has 0 bridgehead atoms. The van der Waals surface area contributed by atoms with E-state index in [4.69, 9.17) is 0 Å². The topological polar surface area (TPSA) is 110 Å². The molecule has 0 spiro atoms. The highest BCUT2D eigenvalue weighted by atomic mass is 79.9. The van der Waals surface area contributed by atoms with Crippen molar-refractivity contribution in [2.24, 2.45) is 0 Å². The third-order valence-corrected chi connectivity index (χ3v) is 7.69. The van der Waals surface area contributed by atoms with Crippen molar-refractivity contribution in [2.45, 2.75) is 25.2 Å². The number of amides is 1. The molecule has 0 fully saturated rings. The molecule has 0 radical (unpaired) electrons. The molecule has 3 aromatic rings. The number of carbonyl (C=O) groups is 1. The molecule has 0 saturated carbocycles. The minimum Gasteiger partial charge on any atom is -0.273 e. The molecular weight excluding hydrogens is 468 g/mol. The monoisotopic (exact) mass is 484 g/mol. The number of benzene rings is 1. The lowest BCUT2D eigenvalue weighted by Gasteiger charge is -2.10. The molecule has 2 heterocycles. The van der Waals surface area contributed by atoms with Crippen LogP contribution in [0.1, 0.15) is 16.9 Å². The Bertz CT molecular complexity index is 1220. The fourth-order valence-corrected chi connectivity index (χ4v) is 5.56. The van der Waals surface area contributed by atoms with Gasteiger partial charge in [0, 0.05) is 22.3 Å². The molecule has 0 aliphatic rings.